The molecule has 0 amide bonds. The Morgan fingerprint density at radius 2 is 0.833 bits per heavy atom. The van der Waals surface area contributed by atoms with Crippen LogP contribution in [0.15, 0.2) is 127 Å². The Hall–Kier alpha value is -7.71. The predicted octanol–water partition coefficient (Wildman–Crippen LogP) is 27.4. The average molecular weight is 1520 g/mol. The Morgan fingerprint density at radius 1 is 0.427 bits per heavy atom. The third kappa shape index (κ3) is 22.4. The van der Waals surface area contributed by atoms with Crippen molar-refractivity contribution < 1.29 is 124 Å². The summed E-state index contributed by atoms with van der Waals surface area (Å²) in [5.41, 5.74) is 12.0. The van der Waals surface area contributed by atoms with Crippen LogP contribution in [0.4, 0.5) is 96.2 Å². The topological polar surface area (TPSA) is 123 Å². The van der Waals surface area contributed by atoms with Crippen LogP contribution in [0.1, 0.15) is 112 Å². The number of hydrogen-bond acceptors (Lipinski definition) is 10. The highest BCUT2D eigenvalue weighted by atomic mass is 35.5. The smallest absolute Gasteiger partial charge is 0.167 e. The molecule has 3 saturated carbocycles. The molecule has 4 heterocycles. The molecule has 0 bridgehead atoms. The van der Waals surface area contributed by atoms with E-state index in [1.807, 2.05) is 80.6 Å². The lowest BCUT2D eigenvalue weighted by Gasteiger charge is -2.11. The molecule has 2 unspecified atom stereocenters. The van der Waals surface area contributed by atoms with E-state index in [0.29, 0.717) is 87.8 Å². The summed E-state index contributed by atoms with van der Waals surface area (Å²) in [6.45, 7) is 4.44. The van der Waals surface area contributed by atoms with Crippen molar-refractivity contribution >= 4 is 104 Å². The van der Waals surface area contributed by atoms with E-state index in [4.69, 9.17) is 189 Å². The summed E-state index contributed by atoms with van der Waals surface area (Å²) in [4.78, 5) is 0. The second-order valence-corrected chi connectivity index (χ2v) is 21.7. The molecule has 0 radical (unpaired) electrons. The van der Waals surface area contributed by atoms with E-state index < -0.39 is 0 Å². The van der Waals surface area contributed by atoms with Gasteiger partial charge in [-0.05, 0) is 159 Å². The zero-order chi connectivity index (χ0) is 71.5. The highest BCUT2D eigenvalue weighted by Gasteiger charge is 2.41. The van der Waals surface area contributed by atoms with E-state index in [1.165, 1.54) is 5.56 Å². The lowest BCUT2D eigenvalue weighted by atomic mass is 10.0. The molecule has 0 spiro atoms. The van der Waals surface area contributed by atoms with Crippen LogP contribution in [0.3, 0.4) is 0 Å². The lowest BCUT2D eigenvalue weighted by Crippen LogP contribution is -2.00. The molecular weight excluding hydrogens is 1470 g/mol. The van der Waals surface area contributed by atoms with Gasteiger partial charge >= 0.3 is 0 Å². The minimum atomic E-state index is 0. The summed E-state index contributed by atoms with van der Waals surface area (Å²) in [6.07, 6.45) is 9.31. The Balaban J connectivity index is 0.000000757. The number of nitrogens with zero attached hydrogens (tertiary/aromatic N) is 4. The first-order chi connectivity index (χ1) is 46.4. The van der Waals surface area contributed by atoms with Gasteiger partial charge in [0.1, 0.15) is 47.6 Å². The summed E-state index contributed by atoms with van der Waals surface area (Å²) in [5, 5.41) is 22.2. The standard InChI is InChI=1S/C30H23Cl3N2O3.C29H21Cl3N2O3.10F2.FH/c1-15-20-11-17(7-10-27(20)37-34-15)21-13-22(21)19-9-8-18(12-26(19)33)36-14-23-29(35-38-30(23)16-5-6-16)28-24(31)3-2-4-25(28)32;1-16-21-13-17(6-12-26(21)36-33-16)5-7-18-10-11-20(14-25(18)32)35-15-22-28(34-37-29(22)19-8-9-19)27-23(30)3-2-4-24(27)31;10*1-2;/h2-4,7-12,16,21-22H,5-6,13-14H2,1H3;2-7,10-14,19H,8-9,15H2,1H3;;;;;;;;;;;1H/b;7-5+;;;;;;;;;;;. The average Bonchev–Trinajstić information content (AvgIpc) is 1.62. The number of hydrogen-bond donors (Lipinski definition) is 0. The van der Waals surface area contributed by atoms with Gasteiger partial charge in [0, 0.05) is 130 Å². The zero-order valence-electron chi connectivity index (χ0n) is 48.3. The van der Waals surface area contributed by atoms with Gasteiger partial charge in [0.25, 0.3) is 0 Å². The Labute approximate surface area is 558 Å². The highest BCUT2D eigenvalue weighted by molar-refractivity contribution is 6.40. The van der Waals surface area contributed by atoms with E-state index in [2.05, 4.69) is 38.8 Å². The Morgan fingerprint density at radius 3 is 1.25 bits per heavy atom. The molecule has 3 aliphatic rings. The van der Waals surface area contributed by atoms with Gasteiger partial charge in [-0.3, -0.25) is 4.70 Å². The number of halogens is 27. The minimum Gasteiger partial charge on any atom is -0.489 e. The van der Waals surface area contributed by atoms with Gasteiger partial charge in [0.15, 0.2) is 11.2 Å². The van der Waals surface area contributed by atoms with Crippen LogP contribution in [0.5, 0.6) is 11.5 Å². The SMILES string of the molecule is Cc1noc2ccc(/C=C/c3ccc(OCc4c(-c5c(Cl)cccc5Cl)noc4C4CC4)cc3Cl)cc12.Cc1noc2ccc(C3CC3c3ccc(OCc4c(-c5c(Cl)cccc5Cl)noc4C4CC4)cc3Cl)cc12.F.FF.FF.FF.FF.FF.FF.FF.FF.FF.FF. The fourth-order valence-electron chi connectivity index (χ4n) is 9.62. The van der Waals surface area contributed by atoms with Gasteiger partial charge in [-0.2, -0.15) is 0 Å². The van der Waals surface area contributed by atoms with Gasteiger partial charge in [0.05, 0.1) is 47.6 Å². The van der Waals surface area contributed by atoms with Crippen LogP contribution in [-0.4, -0.2) is 20.6 Å². The van der Waals surface area contributed by atoms with Crippen molar-refractivity contribution in [2.24, 2.45) is 0 Å². The zero-order valence-corrected chi connectivity index (χ0v) is 52.8. The molecule has 96 heavy (non-hydrogen) atoms. The molecule has 37 heteroatoms. The van der Waals surface area contributed by atoms with Crippen molar-refractivity contribution in [2.75, 3.05) is 0 Å². The number of ether oxygens (including phenoxy) is 2. The first kappa shape index (κ1) is 86.3. The monoisotopic (exact) mass is 1510 g/mol. The molecule has 0 aliphatic heterocycles. The third-order valence-electron chi connectivity index (χ3n) is 14.1. The lowest BCUT2D eigenvalue weighted by molar-refractivity contribution is 0.108. The molecule has 0 saturated heterocycles. The summed E-state index contributed by atoms with van der Waals surface area (Å²) < 4.78 is 194. The van der Waals surface area contributed by atoms with Crippen molar-refractivity contribution in [3.8, 4) is 34.0 Å². The molecule has 526 valence electrons. The molecule has 3 aliphatic carbocycles. The van der Waals surface area contributed by atoms with Gasteiger partial charge in [-0.25, -0.2) is 0 Å². The van der Waals surface area contributed by atoms with Crippen molar-refractivity contribution in [1.29, 1.82) is 0 Å². The van der Waals surface area contributed by atoms with Crippen LogP contribution in [0.2, 0.25) is 30.1 Å². The number of fused-ring (bicyclic) bond motifs is 2. The summed E-state index contributed by atoms with van der Waals surface area (Å²) in [7, 11) is 0. The summed E-state index contributed by atoms with van der Waals surface area (Å²) in [5.74, 6) is 4.52. The van der Waals surface area contributed by atoms with Gasteiger partial charge in [-0.15, -0.1) is 0 Å². The van der Waals surface area contributed by atoms with Crippen LogP contribution >= 0.6 is 69.6 Å². The number of rotatable bonds is 14. The number of aryl methyl sites for hydroxylation is 2. The predicted molar refractivity (Wildman–Crippen MR) is 321 cm³/mol. The second kappa shape index (κ2) is 45.7. The van der Waals surface area contributed by atoms with Crippen LogP contribution in [0.25, 0.3) is 56.6 Å². The maximum absolute atomic E-state index is 8.00. The van der Waals surface area contributed by atoms with E-state index >= 15 is 0 Å². The van der Waals surface area contributed by atoms with Crippen molar-refractivity contribution in [2.45, 2.75) is 82.8 Å². The maximum atomic E-state index is 8.00. The molecular formula is C59H45Cl6F21N4O6. The minimum absolute atomic E-state index is 0. The maximum Gasteiger partial charge on any atom is 0.167 e. The molecule has 13 rings (SSSR count). The molecule has 10 aromatic rings. The van der Waals surface area contributed by atoms with Gasteiger partial charge < -0.3 is 27.6 Å². The van der Waals surface area contributed by atoms with Crippen LogP contribution in [-0.2, 0) is 13.2 Å². The highest BCUT2D eigenvalue weighted by Crippen LogP contribution is 2.57. The van der Waals surface area contributed by atoms with Crippen molar-refractivity contribution in [1.82, 2.24) is 20.6 Å². The summed E-state index contributed by atoms with van der Waals surface area (Å²) >= 11 is 39.3. The largest absolute Gasteiger partial charge is 0.489 e. The van der Waals surface area contributed by atoms with Crippen molar-refractivity contribution in [3.63, 3.8) is 0 Å². The second-order valence-electron chi connectivity index (χ2n) is 19.3. The van der Waals surface area contributed by atoms with Crippen molar-refractivity contribution in [3.05, 3.63) is 196 Å². The van der Waals surface area contributed by atoms with Gasteiger partial charge in [0.2, 0.25) is 0 Å². The first-order valence-electron chi connectivity index (χ1n) is 26.0. The number of benzene rings is 6. The molecule has 6 aromatic carbocycles. The van der Waals surface area contributed by atoms with E-state index in [0.717, 1.165) is 105 Å². The molecule has 4 aromatic heterocycles. The normalized spacial score (nSPS) is 13.3. The van der Waals surface area contributed by atoms with E-state index in [1.54, 1.807) is 36.4 Å². The Bertz CT molecular complexity index is 3860. The number of aromatic nitrogens is 4. The van der Waals surface area contributed by atoms with E-state index in [9.17, 15) is 0 Å². The molecule has 2 atom stereocenters. The van der Waals surface area contributed by atoms with Crippen LogP contribution in [0, 0.1) is 13.8 Å². The molecule has 10 nitrogen and oxygen atoms in total. The van der Waals surface area contributed by atoms with E-state index in [-0.39, 0.29) is 17.9 Å². The fraction of sp³-hybridized carbons (Fsp3) is 0.220. The molecule has 3 fully saturated rings. The summed E-state index contributed by atoms with van der Waals surface area (Å²) in [6, 6.07) is 34.6. The Kier molecular flexibility index (Phi) is 41.1. The quantitative estimate of drug-likeness (QED) is 0.0768. The third-order valence-corrected chi connectivity index (χ3v) is 16.0. The van der Waals surface area contributed by atoms with Crippen LogP contribution < -0.4 is 9.47 Å². The molecule has 0 N–H and O–H groups in total. The van der Waals surface area contributed by atoms with Gasteiger partial charge in [-0.1, -0.05) is 133 Å². The first-order valence-corrected chi connectivity index (χ1v) is 28.3. The fourth-order valence-corrected chi connectivity index (χ4v) is 11.3.